The van der Waals surface area contributed by atoms with Gasteiger partial charge < -0.3 is 21.1 Å². The van der Waals surface area contributed by atoms with Crippen LogP contribution in [0.5, 0.6) is 0 Å². The van der Waals surface area contributed by atoms with E-state index in [9.17, 15) is 4.79 Å². The highest BCUT2D eigenvalue weighted by molar-refractivity contribution is 5.68. The van der Waals surface area contributed by atoms with Crippen molar-refractivity contribution in [1.29, 1.82) is 0 Å². The van der Waals surface area contributed by atoms with Gasteiger partial charge in [-0.3, -0.25) is 0 Å². The topological polar surface area (TPSA) is 76.4 Å². The highest BCUT2D eigenvalue weighted by atomic mass is 16.6. The third kappa shape index (κ3) is 8.31. The van der Waals surface area contributed by atoms with E-state index in [0.717, 1.165) is 0 Å². The van der Waals surface area contributed by atoms with Crippen molar-refractivity contribution in [3.05, 3.63) is 0 Å². The summed E-state index contributed by atoms with van der Waals surface area (Å²) in [5.74, 6) is 0.329. The zero-order chi connectivity index (χ0) is 14.3. The van der Waals surface area contributed by atoms with Crippen molar-refractivity contribution >= 4 is 6.09 Å². The van der Waals surface area contributed by atoms with Gasteiger partial charge in [0.15, 0.2) is 0 Å². The molecule has 0 saturated heterocycles. The first-order valence-electron chi connectivity index (χ1n) is 6.58. The van der Waals surface area contributed by atoms with Crippen LogP contribution in [0.4, 0.5) is 4.79 Å². The van der Waals surface area contributed by atoms with E-state index in [1.165, 1.54) is 0 Å². The standard InChI is InChI=1S/C13H29N3O2/c1-9(2)11(8-15-10(3)7-14)16-12(17)18-13(4,5)6/h9-11,15H,7-8,14H2,1-6H3,(H,16,17). The first kappa shape index (κ1) is 17.2. The number of rotatable bonds is 6. The van der Waals surface area contributed by atoms with Gasteiger partial charge in [0.1, 0.15) is 5.60 Å². The molecule has 1 amide bonds. The third-order valence-electron chi connectivity index (χ3n) is 2.55. The Labute approximate surface area is 111 Å². The van der Waals surface area contributed by atoms with Gasteiger partial charge in [0.25, 0.3) is 0 Å². The molecule has 0 heterocycles. The number of carbonyl (C=O) groups is 1. The van der Waals surface area contributed by atoms with Gasteiger partial charge in [0.05, 0.1) is 0 Å². The molecular weight excluding hydrogens is 230 g/mol. The van der Waals surface area contributed by atoms with Crippen LogP contribution in [0.25, 0.3) is 0 Å². The molecule has 0 fully saturated rings. The lowest BCUT2D eigenvalue weighted by atomic mass is 10.0. The van der Waals surface area contributed by atoms with Crippen LogP contribution in [-0.2, 0) is 4.74 Å². The average Bonchev–Trinajstić information content (AvgIpc) is 2.20. The Kier molecular flexibility index (Phi) is 7.25. The second-order valence-corrected chi connectivity index (χ2v) is 6.04. The van der Waals surface area contributed by atoms with Crippen LogP contribution in [0.1, 0.15) is 41.5 Å². The van der Waals surface area contributed by atoms with E-state index in [1.54, 1.807) is 0 Å². The van der Waals surface area contributed by atoms with Gasteiger partial charge in [-0.2, -0.15) is 0 Å². The zero-order valence-electron chi connectivity index (χ0n) is 12.5. The van der Waals surface area contributed by atoms with Gasteiger partial charge in [-0.15, -0.1) is 0 Å². The van der Waals surface area contributed by atoms with E-state index in [-0.39, 0.29) is 18.2 Å². The smallest absolute Gasteiger partial charge is 0.407 e. The molecule has 0 spiro atoms. The van der Waals surface area contributed by atoms with Gasteiger partial charge in [-0.1, -0.05) is 13.8 Å². The van der Waals surface area contributed by atoms with Gasteiger partial charge in [-0.05, 0) is 33.6 Å². The fraction of sp³-hybridized carbons (Fsp3) is 0.923. The van der Waals surface area contributed by atoms with Crippen LogP contribution >= 0.6 is 0 Å². The largest absolute Gasteiger partial charge is 0.444 e. The van der Waals surface area contributed by atoms with Crippen molar-refractivity contribution < 1.29 is 9.53 Å². The number of alkyl carbamates (subject to hydrolysis) is 1. The summed E-state index contributed by atoms with van der Waals surface area (Å²) >= 11 is 0. The summed E-state index contributed by atoms with van der Waals surface area (Å²) in [5, 5.41) is 6.17. The highest BCUT2D eigenvalue weighted by Crippen LogP contribution is 2.08. The van der Waals surface area contributed by atoms with Crippen molar-refractivity contribution in [3.8, 4) is 0 Å². The van der Waals surface area contributed by atoms with E-state index in [1.807, 2.05) is 27.7 Å². The number of carbonyl (C=O) groups excluding carboxylic acids is 1. The third-order valence-corrected chi connectivity index (χ3v) is 2.55. The molecule has 5 heteroatoms. The lowest BCUT2D eigenvalue weighted by Gasteiger charge is -2.27. The summed E-state index contributed by atoms with van der Waals surface area (Å²) in [6, 6.07) is 0.278. The first-order valence-corrected chi connectivity index (χ1v) is 6.58. The zero-order valence-corrected chi connectivity index (χ0v) is 12.5. The quantitative estimate of drug-likeness (QED) is 0.675. The predicted molar refractivity (Wildman–Crippen MR) is 74.5 cm³/mol. The Morgan fingerprint density at radius 2 is 1.83 bits per heavy atom. The van der Waals surface area contributed by atoms with Crippen molar-refractivity contribution in [2.75, 3.05) is 13.1 Å². The van der Waals surface area contributed by atoms with E-state index in [0.29, 0.717) is 19.0 Å². The second-order valence-electron chi connectivity index (χ2n) is 6.04. The summed E-state index contributed by atoms with van der Waals surface area (Å²) < 4.78 is 5.25. The number of ether oxygens (including phenoxy) is 1. The van der Waals surface area contributed by atoms with E-state index < -0.39 is 5.60 Å². The number of amides is 1. The number of hydrogen-bond donors (Lipinski definition) is 3. The molecule has 2 unspecified atom stereocenters. The Bertz CT molecular complexity index is 249. The van der Waals surface area contributed by atoms with E-state index >= 15 is 0 Å². The van der Waals surface area contributed by atoms with Crippen LogP contribution in [-0.4, -0.2) is 36.9 Å². The minimum Gasteiger partial charge on any atom is -0.444 e. The molecule has 0 aromatic carbocycles. The summed E-state index contributed by atoms with van der Waals surface area (Å²) in [7, 11) is 0. The highest BCUT2D eigenvalue weighted by Gasteiger charge is 2.21. The van der Waals surface area contributed by atoms with Crippen molar-refractivity contribution in [2.45, 2.75) is 59.2 Å². The maximum absolute atomic E-state index is 11.7. The average molecular weight is 259 g/mol. The molecule has 4 N–H and O–H groups in total. The molecule has 18 heavy (non-hydrogen) atoms. The Balaban J connectivity index is 4.23. The van der Waals surface area contributed by atoms with Gasteiger partial charge in [0, 0.05) is 25.2 Å². The Morgan fingerprint density at radius 1 is 1.28 bits per heavy atom. The van der Waals surface area contributed by atoms with Gasteiger partial charge in [0.2, 0.25) is 0 Å². The lowest BCUT2D eigenvalue weighted by molar-refractivity contribution is 0.0489. The minimum atomic E-state index is -0.469. The van der Waals surface area contributed by atoms with Gasteiger partial charge >= 0.3 is 6.09 Å². The van der Waals surface area contributed by atoms with E-state index in [4.69, 9.17) is 10.5 Å². The molecule has 0 radical (unpaired) electrons. The summed E-state index contributed by atoms with van der Waals surface area (Å²) in [4.78, 5) is 11.7. The first-order chi connectivity index (χ1) is 8.15. The summed E-state index contributed by atoms with van der Waals surface area (Å²) in [6.07, 6.45) is -0.372. The minimum absolute atomic E-state index is 0.0360. The van der Waals surface area contributed by atoms with Crippen LogP contribution < -0.4 is 16.4 Å². The van der Waals surface area contributed by atoms with Crippen LogP contribution in [0.15, 0.2) is 0 Å². The summed E-state index contributed by atoms with van der Waals surface area (Å²) in [6.45, 7) is 13.0. The van der Waals surface area contributed by atoms with Gasteiger partial charge in [-0.25, -0.2) is 4.79 Å². The fourth-order valence-electron chi connectivity index (χ4n) is 1.32. The monoisotopic (exact) mass is 259 g/mol. The maximum atomic E-state index is 11.7. The predicted octanol–water partition coefficient (Wildman–Crippen LogP) is 1.47. The molecule has 0 aromatic heterocycles. The van der Waals surface area contributed by atoms with Crippen molar-refractivity contribution in [3.63, 3.8) is 0 Å². The van der Waals surface area contributed by atoms with Crippen LogP contribution in [0, 0.1) is 5.92 Å². The van der Waals surface area contributed by atoms with Crippen LogP contribution in [0.2, 0.25) is 0 Å². The lowest BCUT2D eigenvalue weighted by Crippen LogP contribution is -2.49. The molecule has 0 aliphatic carbocycles. The molecule has 0 rings (SSSR count). The molecule has 0 aliphatic heterocycles. The van der Waals surface area contributed by atoms with Crippen molar-refractivity contribution in [1.82, 2.24) is 10.6 Å². The van der Waals surface area contributed by atoms with E-state index in [2.05, 4.69) is 24.5 Å². The SMILES string of the molecule is CC(CN)NCC(NC(=O)OC(C)(C)C)C(C)C. The molecule has 2 atom stereocenters. The summed E-state index contributed by atoms with van der Waals surface area (Å²) in [5.41, 5.74) is 5.08. The molecule has 5 nitrogen and oxygen atoms in total. The van der Waals surface area contributed by atoms with Crippen molar-refractivity contribution in [2.24, 2.45) is 11.7 Å². The molecule has 0 saturated carbocycles. The number of hydrogen-bond acceptors (Lipinski definition) is 4. The Hall–Kier alpha value is -0.810. The molecule has 108 valence electrons. The second kappa shape index (κ2) is 7.59. The molecule has 0 bridgehead atoms. The fourth-order valence-corrected chi connectivity index (χ4v) is 1.32. The number of nitrogens with one attached hydrogen (secondary N) is 2. The molecular formula is C13H29N3O2. The maximum Gasteiger partial charge on any atom is 0.407 e. The molecule has 0 aliphatic rings. The Morgan fingerprint density at radius 3 is 2.22 bits per heavy atom. The normalized spacial score (nSPS) is 15.3. The van der Waals surface area contributed by atoms with Crippen LogP contribution in [0.3, 0.4) is 0 Å². The molecule has 0 aromatic rings. The number of nitrogens with two attached hydrogens (primary N) is 1.